The van der Waals surface area contributed by atoms with E-state index < -0.39 is 0 Å². The van der Waals surface area contributed by atoms with Gasteiger partial charge >= 0.3 is 6.03 Å². The highest BCUT2D eigenvalue weighted by Crippen LogP contribution is 2.29. The number of nitrogens with one attached hydrogen (secondary N) is 2. The first kappa shape index (κ1) is 16.7. The fraction of sp³-hybridized carbons (Fsp3) is 0.316. The van der Waals surface area contributed by atoms with Crippen molar-refractivity contribution < 1.29 is 9.53 Å². The fourth-order valence-corrected chi connectivity index (χ4v) is 3.04. The molecule has 126 valence electrons. The molecule has 0 heterocycles. The molecular formula is C19H21ClN2O2. The van der Waals surface area contributed by atoms with Gasteiger partial charge in [0.25, 0.3) is 0 Å². The molecule has 2 aromatic rings. The minimum atomic E-state index is -0.254. The van der Waals surface area contributed by atoms with E-state index in [9.17, 15) is 4.79 Å². The monoisotopic (exact) mass is 344 g/mol. The standard InChI is InChI=1S/C19H21ClN2O2/c20-15-8-10-16(11-9-15)22-19(23)21-12-13-24-18-7-3-5-14-4-1-2-6-17(14)18/h3,5,7-11H,1-2,4,6,12-13H2,(H2,21,22,23). The number of carbonyl (C=O) groups excluding carboxylic acids is 1. The Morgan fingerprint density at radius 3 is 2.71 bits per heavy atom. The van der Waals surface area contributed by atoms with Gasteiger partial charge in [-0.1, -0.05) is 23.7 Å². The van der Waals surface area contributed by atoms with Crippen molar-refractivity contribution in [1.82, 2.24) is 5.32 Å². The van der Waals surface area contributed by atoms with E-state index in [4.69, 9.17) is 16.3 Å². The van der Waals surface area contributed by atoms with Crippen LogP contribution >= 0.6 is 11.6 Å². The van der Waals surface area contributed by atoms with Gasteiger partial charge in [0.05, 0.1) is 6.54 Å². The number of anilines is 1. The zero-order valence-electron chi connectivity index (χ0n) is 13.5. The maximum Gasteiger partial charge on any atom is 0.319 e. The molecule has 0 atom stereocenters. The molecule has 24 heavy (non-hydrogen) atoms. The predicted octanol–water partition coefficient (Wildman–Crippen LogP) is 4.42. The predicted molar refractivity (Wildman–Crippen MR) is 97.1 cm³/mol. The second-order valence-corrected chi connectivity index (χ2v) is 6.27. The summed E-state index contributed by atoms with van der Waals surface area (Å²) < 4.78 is 5.86. The zero-order valence-corrected chi connectivity index (χ0v) is 14.2. The topological polar surface area (TPSA) is 50.4 Å². The van der Waals surface area contributed by atoms with Crippen LogP contribution in [-0.2, 0) is 12.8 Å². The number of fused-ring (bicyclic) bond motifs is 1. The molecule has 0 fully saturated rings. The summed E-state index contributed by atoms with van der Waals surface area (Å²) in [5, 5.41) is 6.18. The first-order valence-electron chi connectivity index (χ1n) is 8.26. The van der Waals surface area contributed by atoms with Crippen molar-refractivity contribution in [3.05, 3.63) is 58.6 Å². The van der Waals surface area contributed by atoms with Crippen LogP contribution in [0, 0.1) is 0 Å². The van der Waals surface area contributed by atoms with Crippen molar-refractivity contribution in [3.8, 4) is 5.75 Å². The molecule has 0 aromatic heterocycles. The highest BCUT2D eigenvalue weighted by Gasteiger charge is 2.13. The van der Waals surface area contributed by atoms with E-state index in [-0.39, 0.29) is 6.03 Å². The van der Waals surface area contributed by atoms with Crippen LogP contribution in [0.25, 0.3) is 0 Å². The lowest BCUT2D eigenvalue weighted by Crippen LogP contribution is -2.32. The van der Waals surface area contributed by atoms with E-state index in [0.717, 1.165) is 18.6 Å². The molecule has 2 aromatic carbocycles. The number of aryl methyl sites for hydroxylation is 1. The molecule has 0 saturated heterocycles. The van der Waals surface area contributed by atoms with Crippen molar-refractivity contribution in [2.45, 2.75) is 25.7 Å². The lowest BCUT2D eigenvalue weighted by molar-refractivity contribution is 0.247. The number of benzene rings is 2. The summed E-state index contributed by atoms with van der Waals surface area (Å²) in [6, 6.07) is 13.0. The van der Waals surface area contributed by atoms with Gasteiger partial charge in [-0.2, -0.15) is 0 Å². The summed E-state index contributed by atoms with van der Waals surface area (Å²) in [6.07, 6.45) is 4.68. The average molecular weight is 345 g/mol. The fourth-order valence-electron chi connectivity index (χ4n) is 2.92. The Balaban J connectivity index is 1.44. The second-order valence-electron chi connectivity index (χ2n) is 5.84. The number of amides is 2. The van der Waals surface area contributed by atoms with Crippen molar-refractivity contribution in [2.75, 3.05) is 18.5 Å². The third-order valence-electron chi connectivity index (χ3n) is 4.10. The van der Waals surface area contributed by atoms with Crippen LogP contribution in [0.1, 0.15) is 24.0 Å². The van der Waals surface area contributed by atoms with Gasteiger partial charge in [-0.15, -0.1) is 0 Å². The first-order chi connectivity index (χ1) is 11.7. The molecule has 3 rings (SSSR count). The molecule has 0 unspecified atom stereocenters. The molecule has 0 aliphatic heterocycles. The number of rotatable bonds is 5. The van der Waals surface area contributed by atoms with Crippen molar-refractivity contribution >= 4 is 23.3 Å². The molecular weight excluding hydrogens is 324 g/mol. The van der Waals surface area contributed by atoms with E-state index in [0.29, 0.717) is 23.9 Å². The molecule has 4 nitrogen and oxygen atoms in total. The average Bonchev–Trinajstić information content (AvgIpc) is 2.61. The Hall–Kier alpha value is -2.20. The largest absolute Gasteiger partial charge is 0.491 e. The summed E-state index contributed by atoms with van der Waals surface area (Å²) in [6.45, 7) is 0.896. The van der Waals surface area contributed by atoms with E-state index in [1.54, 1.807) is 24.3 Å². The molecule has 2 amide bonds. The number of urea groups is 1. The van der Waals surface area contributed by atoms with Gasteiger partial charge in [0.2, 0.25) is 0 Å². The van der Waals surface area contributed by atoms with Crippen molar-refractivity contribution in [1.29, 1.82) is 0 Å². The third-order valence-corrected chi connectivity index (χ3v) is 4.35. The SMILES string of the molecule is O=C(NCCOc1cccc2c1CCCC2)Nc1ccc(Cl)cc1. The lowest BCUT2D eigenvalue weighted by Gasteiger charge is -2.19. The van der Waals surface area contributed by atoms with Gasteiger partial charge in [0.15, 0.2) is 0 Å². The Kier molecular flexibility index (Phi) is 5.59. The number of hydrogen-bond acceptors (Lipinski definition) is 2. The van der Waals surface area contributed by atoms with Crippen LogP contribution in [-0.4, -0.2) is 19.2 Å². The molecule has 2 N–H and O–H groups in total. The van der Waals surface area contributed by atoms with E-state index >= 15 is 0 Å². The molecule has 1 aliphatic carbocycles. The van der Waals surface area contributed by atoms with E-state index in [1.807, 2.05) is 12.1 Å². The maximum atomic E-state index is 11.8. The minimum Gasteiger partial charge on any atom is -0.491 e. The van der Waals surface area contributed by atoms with Crippen LogP contribution < -0.4 is 15.4 Å². The molecule has 5 heteroatoms. The Morgan fingerprint density at radius 1 is 1.08 bits per heavy atom. The highest BCUT2D eigenvalue weighted by molar-refractivity contribution is 6.30. The van der Waals surface area contributed by atoms with Crippen LogP contribution in [0.15, 0.2) is 42.5 Å². The summed E-state index contributed by atoms with van der Waals surface area (Å²) in [5.41, 5.74) is 3.43. The molecule has 0 bridgehead atoms. The lowest BCUT2D eigenvalue weighted by atomic mass is 9.91. The molecule has 0 spiro atoms. The van der Waals surface area contributed by atoms with E-state index in [1.165, 1.54) is 24.0 Å². The van der Waals surface area contributed by atoms with Gasteiger partial charge in [-0.3, -0.25) is 0 Å². The summed E-state index contributed by atoms with van der Waals surface area (Å²) in [7, 11) is 0. The van der Waals surface area contributed by atoms with Gasteiger partial charge < -0.3 is 15.4 Å². The molecule has 0 saturated carbocycles. The van der Waals surface area contributed by atoms with Gasteiger partial charge in [-0.25, -0.2) is 4.79 Å². The van der Waals surface area contributed by atoms with Gasteiger partial charge in [0.1, 0.15) is 12.4 Å². The van der Waals surface area contributed by atoms with Crippen molar-refractivity contribution in [2.24, 2.45) is 0 Å². The quantitative estimate of drug-likeness (QED) is 0.789. The second kappa shape index (κ2) is 8.06. The number of carbonyl (C=O) groups is 1. The smallest absolute Gasteiger partial charge is 0.319 e. The Labute approximate surface area is 147 Å². The first-order valence-corrected chi connectivity index (χ1v) is 8.64. The summed E-state index contributed by atoms with van der Waals surface area (Å²) in [5.74, 6) is 0.951. The van der Waals surface area contributed by atoms with Crippen LogP contribution in [0.5, 0.6) is 5.75 Å². The number of halogens is 1. The summed E-state index contributed by atoms with van der Waals surface area (Å²) >= 11 is 5.81. The van der Waals surface area contributed by atoms with Crippen molar-refractivity contribution in [3.63, 3.8) is 0 Å². The zero-order chi connectivity index (χ0) is 16.8. The van der Waals surface area contributed by atoms with Gasteiger partial charge in [-0.05, 0) is 67.1 Å². The number of hydrogen-bond donors (Lipinski definition) is 2. The van der Waals surface area contributed by atoms with Crippen LogP contribution in [0.3, 0.4) is 0 Å². The Morgan fingerprint density at radius 2 is 1.88 bits per heavy atom. The third kappa shape index (κ3) is 4.42. The molecule has 1 aliphatic rings. The van der Waals surface area contributed by atoms with Crippen LogP contribution in [0.4, 0.5) is 10.5 Å². The molecule has 0 radical (unpaired) electrons. The normalized spacial score (nSPS) is 13.0. The summed E-state index contributed by atoms with van der Waals surface area (Å²) in [4.78, 5) is 11.8. The minimum absolute atomic E-state index is 0.254. The van der Waals surface area contributed by atoms with Gasteiger partial charge in [0, 0.05) is 10.7 Å². The Bertz CT molecular complexity index is 701. The van der Waals surface area contributed by atoms with E-state index in [2.05, 4.69) is 16.7 Å². The van der Waals surface area contributed by atoms with Crippen LogP contribution in [0.2, 0.25) is 5.02 Å². The highest BCUT2D eigenvalue weighted by atomic mass is 35.5. The number of ether oxygens (including phenoxy) is 1. The maximum absolute atomic E-state index is 11.8.